The van der Waals surface area contributed by atoms with Crippen LogP contribution in [0.3, 0.4) is 0 Å². The molecule has 0 atom stereocenters. The van der Waals surface area contributed by atoms with Crippen molar-refractivity contribution in [1.29, 1.82) is 0 Å². The molecule has 3 rings (SSSR count). The number of aryl methyl sites for hydroxylation is 3. The maximum atomic E-state index is 12.2. The van der Waals surface area contributed by atoms with Gasteiger partial charge in [-0.05, 0) is 61.2 Å². The van der Waals surface area contributed by atoms with E-state index >= 15 is 0 Å². The van der Waals surface area contributed by atoms with Gasteiger partial charge in [-0.2, -0.15) is 0 Å². The lowest BCUT2D eigenvalue weighted by atomic mass is 10.0. The minimum Gasteiger partial charge on any atom is -0.325 e. The summed E-state index contributed by atoms with van der Waals surface area (Å²) in [5.74, 6) is 0.209. The van der Waals surface area contributed by atoms with Crippen LogP contribution < -0.4 is 5.32 Å². The number of hydrogen-bond donors (Lipinski definition) is 1. The molecule has 0 fully saturated rings. The molecule has 0 aliphatic heterocycles. The molecule has 138 valence electrons. The van der Waals surface area contributed by atoms with E-state index in [4.69, 9.17) is 0 Å². The van der Waals surface area contributed by atoms with Crippen LogP contribution in [0, 0.1) is 13.8 Å². The Balaban J connectivity index is 1.64. The molecule has 0 saturated heterocycles. The molecule has 3 aromatic rings. The standard InChI is InChI=1S/C22H23N3OS/c1-4-17-6-5-7-19(13-17)24-21(26)14-27-22-23-11-10-20(25-22)18-9-8-15(2)16(3)12-18/h5-13H,4,14H2,1-3H3,(H,24,26). The smallest absolute Gasteiger partial charge is 0.234 e. The number of nitrogens with zero attached hydrogens (tertiary/aromatic N) is 2. The van der Waals surface area contributed by atoms with Crippen LogP contribution in [0.15, 0.2) is 59.9 Å². The molecular formula is C22H23N3OS. The van der Waals surface area contributed by atoms with Gasteiger partial charge in [0.2, 0.25) is 5.91 Å². The SMILES string of the molecule is CCc1cccc(NC(=O)CSc2nccc(-c3ccc(C)c(C)c3)n2)c1. The van der Waals surface area contributed by atoms with Gasteiger partial charge in [0.05, 0.1) is 11.4 Å². The van der Waals surface area contributed by atoms with Crippen molar-refractivity contribution in [2.24, 2.45) is 0 Å². The second kappa shape index (κ2) is 8.82. The first kappa shape index (κ1) is 19.1. The third kappa shape index (κ3) is 5.17. The molecule has 1 amide bonds. The molecule has 1 aromatic heterocycles. The largest absolute Gasteiger partial charge is 0.325 e. The van der Waals surface area contributed by atoms with Crippen LogP contribution in [-0.2, 0) is 11.2 Å². The Hall–Kier alpha value is -2.66. The average Bonchev–Trinajstić information content (AvgIpc) is 2.69. The zero-order chi connectivity index (χ0) is 19.2. The lowest BCUT2D eigenvalue weighted by molar-refractivity contribution is -0.113. The van der Waals surface area contributed by atoms with Crippen LogP contribution in [-0.4, -0.2) is 21.6 Å². The van der Waals surface area contributed by atoms with Crippen LogP contribution in [0.1, 0.15) is 23.6 Å². The Bertz CT molecular complexity index is 956. The fraction of sp³-hybridized carbons (Fsp3) is 0.227. The lowest BCUT2D eigenvalue weighted by Gasteiger charge is -2.08. The first-order chi connectivity index (χ1) is 13.0. The number of carbonyl (C=O) groups excluding carboxylic acids is 1. The van der Waals surface area contributed by atoms with Crippen LogP contribution >= 0.6 is 11.8 Å². The number of carbonyl (C=O) groups is 1. The van der Waals surface area contributed by atoms with Gasteiger partial charge >= 0.3 is 0 Å². The van der Waals surface area contributed by atoms with Crippen LogP contribution in [0.2, 0.25) is 0 Å². The zero-order valence-electron chi connectivity index (χ0n) is 15.8. The van der Waals surface area contributed by atoms with E-state index in [1.807, 2.05) is 24.3 Å². The summed E-state index contributed by atoms with van der Waals surface area (Å²) in [6.45, 7) is 6.28. The number of thioether (sulfide) groups is 1. The highest BCUT2D eigenvalue weighted by molar-refractivity contribution is 7.99. The van der Waals surface area contributed by atoms with Crippen molar-refractivity contribution in [2.75, 3.05) is 11.1 Å². The highest BCUT2D eigenvalue weighted by atomic mass is 32.2. The maximum absolute atomic E-state index is 12.2. The van der Waals surface area contributed by atoms with Gasteiger partial charge < -0.3 is 5.32 Å². The van der Waals surface area contributed by atoms with Gasteiger partial charge in [0, 0.05) is 17.4 Å². The van der Waals surface area contributed by atoms with E-state index in [1.165, 1.54) is 28.5 Å². The summed E-state index contributed by atoms with van der Waals surface area (Å²) in [5, 5.41) is 3.53. The van der Waals surface area contributed by atoms with Gasteiger partial charge in [-0.3, -0.25) is 4.79 Å². The minimum absolute atomic E-state index is 0.0616. The predicted molar refractivity (Wildman–Crippen MR) is 112 cm³/mol. The normalized spacial score (nSPS) is 10.6. The summed E-state index contributed by atoms with van der Waals surface area (Å²) >= 11 is 1.34. The van der Waals surface area contributed by atoms with Crippen molar-refractivity contribution >= 4 is 23.4 Å². The van der Waals surface area contributed by atoms with E-state index in [-0.39, 0.29) is 11.7 Å². The topological polar surface area (TPSA) is 54.9 Å². The van der Waals surface area contributed by atoms with E-state index < -0.39 is 0 Å². The molecular weight excluding hydrogens is 354 g/mol. The van der Waals surface area contributed by atoms with Crippen LogP contribution in [0.25, 0.3) is 11.3 Å². The third-order valence-corrected chi connectivity index (χ3v) is 5.25. The maximum Gasteiger partial charge on any atom is 0.234 e. The molecule has 0 aliphatic rings. The van der Waals surface area contributed by atoms with Crippen LogP contribution in [0.5, 0.6) is 0 Å². The molecule has 5 heteroatoms. The molecule has 27 heavy (non-hydrogen) atoms. The van der Waals surface area contributed by atoms with E-state index in [1.54, 1.807) is 6.20 Å². The summed E-state index contributed by atoms with van der Waals surface area (Å²) in [6.07, 6.45) is 2.68. The molecule has 4 nitrogen and oxygen atoms in total. The van der Waals surface area contributed by atoms with Gasteiger partial charge in [-0.1, -0.05) is 43.0 Å². The van der Waals surface area contributed by atoms with Crippen molar-refractivity contribution in [3.63, 3.8) is 0 Å². The number of nitrogens with one attached hydrogen (secondary N) is 1. The van der Waals surface area contributed by atoms with Gasteiger partial charge in [0.1, 0.15) is 0 Å². The number of hydrogen-bond acceptors (Lipinski definition) is 4. The van der Waals surface area contributed by atoms with Crippen molar-refractivity contribution in [3.8, 4) is 11.3 Å². The first-order valence-electron chi connectivity index (χ1n) is 8.97. The number of amides is 1. The van der Waals surface area contributed by atoms with E-state index in [9.17, 15) is 4.79 Å². The Morgan fingerprint density at radius 2 is 1.93 bits per heavy atom. The second-order valence-corrected chi connectivity index (χ2v) is 7.36. The second-order valence-electron chi connectivity index (χ2n) is 6.41. The molecule has 0 spiro atoms. The first-order valence-corrected chi connectivity index (χ1v) is 9.96. The molecule has 0 saturated carbocycles. The summed E-state index contributed by atoms with van der Waals surface area (Å²) in [6, 6.07) is 16.1. The third-order valence-electron chi connectivity index (χ3n) is 4.39. The van der Waals surface area contributed by atoms with Gasteiger partial charge in [-0.15, -0.1) is 0 Å². The molecule has 0 radical (unpaired) electrons. The highest BCUT2D eigenvalue weighted by Gasteiger charge is 2.08. The minimum atomic E-state index is -0.0616. The fourth-order valence-electron chi connectivity index (χ4n) is 2.67. The average molecular weight is 378 g/mol. The van der Waals surface area contributed by atoms with Gasteiger partial charge in [-0.25, -0.2) is 9.97 Å². The summed E-state index contributed by atoms with van der Waals surface area (Å²) in [5.41, 5.74) is 6.43. The number of aromatic nitrogens is 2. The highest BCUT2D eigenvalue weighted by Crippen LogP contribution is 2.22. The van der Waals surface area contributed by atoms with Gasteiger partial charge in [0.25, 0.3) is 0 Å². The van der Waals surface area contributed by atoms with E-state index in [0.717, 1.165) is 23.4 Å². The molecule has 0 aliphatic carbocycles. The molecule has 2 aromatic carbocycles. The van der Waals surface area contributed by atoms with E-state index in [0.29, 0.717) is 5.16 Å². The van der Waals surface area contributed by atoms with Crippen molar-refractivity contribution in [3.05, 3.63) is 71.4 Å². The summed E-state index contributed by atoms with van der Waals surface area (Å²) in [4.78, 5) is 21.1. The van der Waals surface area contributed by atoms with Crippen molar-refractivity contribution in [1.82, 2.24) is 9.97 Å². The van der Waals surface area contributed by atoms with E-state index in [2.05, 4.69) is 60.3 Å². The number of rotatable bonds is 6. The molecule has 1 N–H and O–H groups in total. The monoisotopic (exact) mass is 377 g/mol. The number of anilines is 1. The quantitative estimate of drug-likeness (QED) is 0.482. The predicted octanol–water partition coefficient (Wildman–Crippen LogP) is 5.05. The van der Waals surface area contributed by atoms with Gasteiger partial charge in [0.15, 0.2) is 5.16 Å². The molecule has 0 unspecified atom stereocenters. The molecule has 1 heterocycles. The lowest BCUT2D eigenvalue weighted by Crippen LogP contribution is -2.14. The Kier molecular flexibility index (Phi) is 6.24. The number of benzene rings is 2. The van der Waals surface area contributed by atoms with Crippen LogP contribution in [0.4, 0.5) is 5.69 Å². The summed E-state index contributed by atoms with van der Waals surface area (Å²) < 4.78 is 0. The zero-order valence-corrected chi connectivity index (χ0v) is 16.6. The molecule has 0 bridgehead atoms. The Labute approximate surface area is 164 Å². The van der Waals surface area contributed by atoms with Crippen molar-refractivity contribution in [2.45, 2.75) is 32.3 Å². The van der Waals surface area contributed by atoms with Crippen molar-refractivity contribution < 1.29 is 4.79 Å². The Morgan fingerprint density at radius 3 is 2.70 bits per heavy atom. The fourth-order valence-corrected chi connectivity index (χ4v) is 3.30. The Morgan fingerprint density at radius 1 is 1.07 bits per heavy atom. The summed E-state index contributed by atoms with van der Waals surface area (Å²) in [7, 11) is 0.